The number of anilines is 2. The number of rotatable bonds is 4. The van der Waals surface area contributed by atoms with Crippen LogP contribution in [-0.2, 0) is 15.1 Å². The molecule has 2 aliphatic heterocycles. The van der Waals surface area contributed by atoms with Gasteiger partial charge in [-0.05, 0) is 50.1 Å². The first-order valence-corrected chi connectivity index (χ1v) is 10.1. The number of amides is 2. The zero-order chi connectivity index (χ0) is 21.6. The van der Waals surface area contributed by atoms with Crippen LogP contribution in [0, 0.1) is 12.8 Å². The number of carbonyl (C=O) groups is 2. The van der Waals surface area contributed by atoms with Gasteiger partial charge < -0.3 is 20.1 Å². The predicted octanol–water partition coefficient (Wildman–Crippen LogP) is 3.45. The number of fused-ring (bicyclic) bond motifs is 2. The van der Waals surface area contributed by atoms with Crippen LogP contribution in [-0.4, -0.2) is 32.1 Å². The van der Waals surface area contributed by atoms with Crippen molar-refractivity contribution in [3.63, 3.8) is 0 Å². The molecule has 1 saturated heterocycles. The molecular weight excluding hydrogens is 406 g/mol. The van der Waals surface area contributed by atoms with E-state index in [0.29, 0.717) is 39.9 Å². The molecule has 2 aromatic carbocycles. The maximum atomic E-state index is 13.5. The van der Waals surface area contributed by atoms with Crippen LogP contribution in [0.4, 0.5) is 11.4 Å². The van der Waals surface area contributed by atoms with Gasteiger partial charge in [-0.3, -0.25) is 14.9 Å². The highest BCUT2D eigenvalue weighted by Crippen LogP contribution is 2.49. The summed E-state index contributed by atoms with van der Waals surface area (Å²) in [5.74, 6) is -0.0658. The molecule has 3 N–H and O–H groups in total. The molecule has 3 atom stereocenters. The van der Waals surface area contributed by atoms with E-state index < -0.39 is 11.5 Å². The molecule has 8 heteroatoms. The second kappa shape index (κ2) is 7.49. The fourth-order valence-electron chi connectivity index (χ4n) is 4.56. The smallest absolute Gasteiger partial charge is 0.250 e. The fraction of sp³-hybridized carbons (Fsp3) is 0.364. The van der Waals surface area contributed by atoms with E-state index in [-0.39, 0.29) is 17.9 Å². The molecule has 0 unspecified atom stereocenters. The number of benzene rings is 2. The van der Waals surface area contributed by atoms with Crippen molar-refractivity contribution in [2.45, 2.75) is 31.8 Å². The lowest BCUT2D eigenvalue weighted by molar-refractivity contribution is -0.130. The number of methoxy groups -OCH3 is 2. The normalized spacial score (nSPS) is 24.5. The van der Waals surface area contributed by atoms with Crippen molar-refractivity contribution in [2.24, 2.45) is 5.92 Å². The van der Waals surface area contributed by atoms with E-state index in [4.69, 9.17) is 21.1 Å². The fourth-order valence-corrected chi connectivity index (χ4v) is 4.83. The van der Waals surface area contributed by atoms with Gasteiger partial charge in [0.25, 0.3) is 0 Å². The highest BCUT2D eigenvalue weighted by atomic mass is 35.5. The predicted molar refractivity (Wildman–Crippen MR) is 115 cm³/mol. The van der Waals surface area contributed by atoms with Crippen LogP contribution in [0.25, 0.3) is 0 Å². The van der Waals surface area contributed by atoms with Crippen molar-refractivity contribution in [3.8, 4) is 11.5 Å². The van der Waals surface area contributed by atoms with Crippen LogP contribution in [0.1, 0.15) is 24.5 Å². The molecule has 4 rings (SSSR count). The zero-order valence-corrected chi connectivity index (χ0v) is 18.0. The molecule has 158 valence electrons. The molecule has 1 fully saturated rings. The average molecular weight is 430 g/mol. The summed E-state index contributed by atoms with van der Waals surface area (Å²) in [5.41, 5.74) is 1.58. The monoisotopic (exact) mass is 429 g/mol. The summed E-state index contributed by atoms with van der Waals surface area (Å²) in [6, 6.07) is 8.69. The third-order valence-electron chi connectivity index (χ3n) is 5.89. The summed E-state index contributed by atoms with van der Waals surface area (Å²) in [6.45, 7) is 3.85. The van der Waals surface area contributed by atoms with E-state index >= 15 is 0 Å². The lowest BCUT2D eigenvalue weighted by atomic mass is 9.79. The highest BCUT2D eigenvalue weighted by molar-refractivity contribution is 6.31. The molecule has 2 aliphatic rings. The Morgan fingerprint density at radius 1 is 1.23 bits per heavy atom. The van der Waals surface area contributed by atoms with Gasteiger partial charge in [-0.1, -0.05) is 11.6 Å². The second-order valence-electron chi connectivity index (χ2n) is 7.80. The Morgan fingerprint density at radius 3 is 2.70 bits per heavy atom. The van der Waals surface area contributed by atoms with E-state index in [1.165, 1.54) is 7.11 Å². The third kappa shape index (κ3) is 3.09. The first-order valence-electron chi connectivity index (χ1n) is 9.72. The Balaban J connectivity index is 1.75. The van der Waals surface area contributed by atoms with E-state index in [1.54, 1.807) is 37.4 Å². The summed E-state index contributed by atoms with van der Waals surface area (Å²) in [4.78, 5) is 26.7. The number of halogens is 1. The molecule has 30 heavy (non-hydrogen) atoms. The van der Waals surface area contributed by atoms with Crippen molar-refractivity contribution in [3.05, 3.63) is 46.5 Å². The van der Waals surface area contributed by atoms with Gasteiger partial charge in [0.2, 0.25) is 11.8 Å². The molecule has 0 aromatic heterocycles. The molecule has 0 saturated carbocycles. The number of carbonyl (C=O) groups excluding carboxylic acids is 2. The first kappa shape index (κ1) is 20.5. The second-order valence-corrected chi connectivity index (χ2v) is 8.23. The Hall–Kier alpha value is -2.77. The number of ether oxygens (including phenoxy) is 2. The summed E-state index contributed by atoms with van der Waals surface area (Å²) in [5, 5.41) is 9.78. The van der Waals surface area contributed by atoms with Gasteiger partial charge in [-0.2, -0.15) is 0 Å². The quantitative estimate of drug-likeness (QED) is 0.692. The van der Waals surface area contributed by atoms with Crippen LogP contribution in [0.2, 0.25) is 5.02 Å². The van der Waals surface area contributed by atoms with Gasteiger partial charge in [0.05, 0.1) is 25.8 Å². The van der Waals surface area contributed by atoms with Crippen LogP contribution in [0.3, 0.4) is 0 Å². The van der Waals surface area contributed by atoms with Crippen molar-refractivity contribution < 1.29 is 19.1 Å². The van der Waals surface area contributed by atoms with Gasteiger partial charge >= 0.3 is 0 Å². The molecular formula is C22H24ClN3O4. The van der Waals surface area contributed by atoms with E-state index in [9.17, 15) is 9.59 Å². The van der Waals surface area contributed by atoms with Crippen LogP contribution >= 0.6 is 11.6 Å². The lowest BCUT2D eigenvalue weighted by Crippen LogP contribution is -2.52. The maximum Gasteiger partial charge on any atom is 0.250 e. The van der Waals surface area contributed by atoms with Crippen LogP contribution in [0.15, 0.2) is 30.3 Å². The SMILES string of the molecule is COc1ccc(OC)c(NC(=O)[C@@H]2C[C@@H](C)N[C@@]23C(=O)Nc2c(C)cc(Cl)cc23)c1. The van der Waals surface area contributed by atoms with Crippen molar-refractivity contribution in [1.29, 1.82) is 0 Å². The average Bonchev–Trinajstić information content (AvgIpc) is 3.20. The van der Waals surface area contributed by atoms with E-state index in [0.717, 1.165) is 5.56 Å². The molecule has 0 aliphatic carbocycles. The maximum absolute atomic E-state index is 13.5. The molecule has 2 amide bonds. The number of aryl methyl sites for hydroxylation is 1. The summed E-state index contributed by atoms with van der Waals surface area (Å²) in [6.07, 6.45) is 0.497. The summed E-state index contributed by atoms with van der Waals surface area (Å²) < 4.78 is 10.6. The Kier molecular flexibility index (Phi) is 5.11. The summed E-state index contributed by atoms with van der Waals surface area (Å²) >= 11 is 6.31. The van der Waals surface area contributed by atoms with Crippen LogP contribution in [0.5, 0.6) is 11.5 Å². The van der Waals surface area contributed by atoms with Crippen molar-refractivity contribution >= 4 is 34.8 Å². The van der Waals surface area contributed by atoms with E-state index in [1.807, 2.05) is 13.8 Å². The molecule has 0 bridgehead atoms. The topological polar surface area (TPSA) is 88.7 Å². The van der Waals surface area contributed by atoms with Gasteiger partial charge in [-0.15, -0.1) is 0 Å². The third-order valence-corrected chi connectivity index (χ3v) is 6.11. The number of nitrogens with one attached hydrogen (secondary N) is 3. The number of hydrogen-bond acceptors (Lipinski definition) is 5. The summed E-state index contributed by atoms with van der Waals surface area (Å²) in [7, 11) is 3.08. The van der Waals surface area contributed by atoms with E-state index in [2.05, 4.69) is 16.0 Å². The number of hydrogen-bond donors (Lipinski definition) is 3. The lowest BCUT2D eigenvalue weighted by Gasteiger charge is -2.29. The minimum absolute atomic E-state index is 0.0380. The largest absolute Gasteiger partial charge is 0.497 e. The van der Waals surface area contributed by atoms with Gasteiger partial charge in [0.1, 0.15) is 17.0 Å². The molecule has 2 heterocycles. The Bertz CT molecular complexity index is 1040. The van der Waals surface area contributed by atoms with Crippen LogP contribution < -0.4 is 25.4 Å². The van der Waals surface area contributed by atoms with Gasteiger partial charge in [0, 0.05) is 28.4 Å². The molecule has 2 aromatic rings. The zero-order valence-electron chi connectivity index (χ0n) is 17.3. The minimum atomic E-state index is -1.18. The highest BCUT2D eigenvalue weighted by Gasteiger charge is 2.59. The molecule has 7 nitrogen and oxygen atoms in total. The van der Waals surface area contributed by atoms with Crippen molar-refractivity contribution in [2.75, 3.05) is 24.9 Å². The Morgan fingerprint density at radius 2 is 2.00 bits per heavy atom. The standard InChI is InChI=1S/C22H24ClN3O4/c1-11-7-13(23)9-15-19(11)25-21(28)22(15)16(8-12(2)26-22)20(27)24-17-10-14(29-3)5-6-18(17)30-4/h5-7,9-10,12,16,26H,8H2,1-4H3,(H,24,27)(H,25,28)/t12-,16+,22-/m1/s1. The Labute approximate surface area is 180 Å². The van der Waals surface area contributed by atoms with Gasteiger partial charge in [0.15, 0.2) is 0 Å². The van der Waals surface area contributed by atoms with Crippen molar-refractivity contribution in [1.82, 2.24) is 5.32 Å². The molecule has 0 radical (unpaired) electrons. The van der Waals surface area contributed by atoms with Gasteiger partial charge in [-0.25, -0.2) is 0 Å². The molecule has 1 spiro atoms. The first-order chi connectivity index (χ1) is 14.3. The minimum Gasteiger partial charge on any atom is -0.497 e.